The quantitative estimate of drug-likeness (QED) is 0.642. The first-order valence-corrected chi connectivity index (χ1v) is 9.13. The molecule has 0 fully saturated rings. The van der Waals surface area contributed by atoms with Crippen molar-refractivity contribution < 1.29 is 0 Å². The van der Waals surface area contributed by atoms with E-state index in [2.05, 4.69) is 46.8 Å². The lowest BCUT2D eigenvalue weighted by Crippen LogP contribution is -1.99. The standard InChI is InChI=1S/C17H16N4S2/c1-3-21-16(15-9-4-12(2)23-15)19-20-17(21)22-11-14-7-5-13(10-18)6-8-14/h4-9H,3,11H2,1-2H3. The van der Waals surface area contributed by atoms with Crippen molar-refractivity contribution in [2.45, 2.75) is 31.3 Å². The van der Waals surface area contributed by atoms with Gasteiger partial charge in [0.25, 0.3) is 0 Å². The van der Waals surface area contributed by atoms with Gasteiger partial charge in [0.2, 0.25) is 0 Å². The molecule has 0 spiro atoms. The number of hydrogen-bond acceptors (Lipinski definition) is 5. The van der Waals surface area contributed by atoms with Crippen LogP contribution in [0.3, 0.4) is 0 Å². The first kappa shape index (κ1) is 15.8. The van der Waals surface area contributed by atoms with Crippen LogP contribution >= 0.6 is 23.1 Å². The Kier molecular flexibility index (Phi) is 4.79. The molecule has 0 aliphatic heterocycles. The Labute approximate surface area is 143 Å². The summed E-state index contributed by atoms with van der Waals surface area (Å²) >= 11 is 3.41. The van der Waals surface area contributed by atoms with Crippen molar-refractivity contribution in [3.05, 3.63) is 52.4 Å². The Balaban J connectivity index is 1.78. The maximum absolute atomic E-state index is 8.84. The van der Waals surface area contributed by atoms with Gasteiger partial charge in [0.05, 0.1) is 16.5 Å². The highest BCUT2D eigenvalue weighted by Crippen LogP contribution is 2.30. The number of nitriles is 1. The van der Waals surface area contributed by atoms with Crippen LogP contribution in [0.15, 0.2) is 41.6 Å². The third kappa shape index (κ3) is 3.46. The fraction of sp³-hybridized carbons (Fsp3) is 0.235. The van der Waals surface area contributed by atoms with Gasteiger partial charge in [0, 0.05) is 17.2 Å². The lowest BCUT2D eigenvalue weighted by atomic mass is 10.2. The lowest BCUT2D eigenvalue weighted by molar-refractivity contribution is 0.688. The molecule has 0 unspecified atom stereocenters. The summed E-state index contributed by atoms with van der Waals surface area (Å²) in [6.45, 7) is 5.05. The summed E-state index contributed by atoms with van der Waals surface area (Å²) in [7, 11) is 0. The molecule has 0 radical (unpaired) electrons. The Bertz CT molecular complexity index is 840. The summed E-state index contributed by atoms with van der Waals surface area (Å²) in [4.78, 5) is 2.43. The maximum Gasteiger partial charge on any atom is 0.191 e. The van der Waals surface area contributed by atoms with Gasteiger partial charge in [-0.2, -0.15) is 5.26 Å². The molecule has 3 aromatic rings. The summed E-state index contributed by atoms with van der Waals surface area (Å²) in [6.07, 6.45) is 0. The number of hydrogen-bond donors (Lipinski definition) is 0. The molecule has 6 heteroatoms. The van der Waals surface area contributed by atoms with Crippen LogP contribution in [-0.4, -0.2) is 14.8 Å². The summed E-state index contributed by atoms with van der Waals surface area (Å²) in [5.74, 6) is 1.75. The third-order valence-corrected chi connectivity index (χ3v) is 5.48. The van der Waals surface area contributed by atoms with Gasteiger partial charge in [-0.05, 0) is 43.7 Å². The summed E-state index contributed by atoms with van der Waals surface area (Å²) < 4.78 is 2.15. The molecule has 0 aliphatic rings. The summed E-state index contributed by atoms with van der Waals surface area (Å²) in [5.41, 5.74) is 1.86. The fourth-order valence-electron chi connectivity index (χ4n) is 2.24. The smallest absolute Gasteiger partial charge is 0.191 e. The zero-order valence-corrected chi connectivity index (χ0v) is 14.6. The van der Waals surface area contributed by atoms with E-state index in [1.165, 1.54) is 10.4 Å². The Morgan fingerprint density at radius 1 is 1.17 bits per heavy atom. The SMILES string of the molecule is CCn1c(SCc2ccc(C#N)cc2)nnc1-c1ccc(C)s1. The Hall–Kier alpha value is -2.10. The zero-order chi connectivity index (χ0) is 16.2. The van der Waals surface area contributed by atoms with Gasteiger partial charge >= 0.3 is 0 Å². The van der Waals surface area contributed by atoms with Crippen LogP contribution in [0.25, 0.3) is 10.7 Å². The molecule has 3 rings (SSSR count). The van der Waals surface area contributed by atoms with Crippen LogP contribution in [0.4, 0.5) is 0 Å². The molecule has 4 nitrogen and oxygen atoms in total. The number of aromatic nitrogens is 3. The highest BCUT2D eigenvalue weighted by Gasteiger charge is 2.14. The number of thioether (sulfide) groups is 1. The first-order valence-electron chi connectivity index (χ1n) is 7.33. The number of benzene rings is 1. The van der Waals surface area contributed by atoms with Crippen molar-refractivity contribution in [3.8, 4) is 16.8 Å². The van der Waals surface area contributed by atoms with Crippen molar-refractivity contribution >= 4 is 23.1 Å². The summed E-state index contributed by atoms with van der Waals surface area (Å²) in [6, 6.07) is 14.0. The fourth-order valence-corrected chi connectivity index (χ4v) is 4.06. The summed E-state index contributed by atoms with van der Waals surface area (Å²) in [5, 5.41) is 18.5. The second-order valence-electron chi connectivity index (χ2n) is 5.06. The topological polar surface area (TPSA) is 54.5 Å². The monoisotopic (exact) mass is 340 g/mol. The molecule has 0 saturated carbocycles. The highest BCUT2D eigenvalue weighted by atomic mass is 32.2. The van der Waals surface area contributed by atoms with Crippen LogP contribution in [-0.2, 0) is 12.3 Å². The minimum atomic E-state index is 0.686. The number of rotatable bonds is 5. The molecular formula is C17H16N4S2. The van der Waals surface area contributed by atoms with Gasteiger partial charge < -0.3 is 4.57 Å². The van der Waals surface area contributed by atoms with E-state index in [0.29, 0.717) is 5.56 Å². The second kappa shape index (κ2) is 6.99. The average Bonchev–Trinajstić information content (AvgIpc) is 3.18. The molecular weight excluding hydrogens is 324 g/mol. The molecule has 23 heavy (non-hydrogen) atoms. The Morgan fingerprint density at radius 2 is 1.96 bits per heavy atom. The van der Waals surface area contributed by atoms with E-state index >= 15 is 0 Å². The van der Waals surface area contributed by atoms with E-state index in [0.717, 1.165) is 28.2 Å². The molecule has 0 aliphatic carbocycles. The van der Waals surface area contributed by atoms with E-state index < -0.39 is 0 Å². The van der Waals surface area contributed by atoms with Crippen LogP contribution in [0, 0.1) is 18.3 Å². The normalized spacial score (nSPS) is 10.7. The molecule has 2 heterocycles. The molecule has 2 aromatic heterocycles. The van der Waals surface area contributed by atoms with Crippen molar-refractivity contribution in [1.82, 2.24) is 14.8 Å². The van der Waals surface area contributed by atoms with E-state index in [9.17, 15) is 0 Å². The largest absolute Gasteiger partial charge is 0.302 e. The number of nitrogens with zero attached hydrogens (tertiary/aromatic N) is 4. The lowest BCUT2D eigenvalue weighted by Gasteiger charge is -2.06. The van der Waals surface area contributed by atoms with Crippen LogP contribution in [0.5, 0.6) is 0 Å². The van der Waals surface area contributed by atoms with Gasteiger partial charge in [-0.15, -0.1) is 21.5 Å². The molecule has 1 aromatic carbocycles. The minimum Gasteiger partial charge on any atom is -0.302 e. The number of thiophene rings is 1. The predicted octanol–water partition coefficient (Wildman–Crippen LogP) is 4.50. The molecule has 116 valence electrons. The van der Waals surface area contributed by atoms with Crippen LogP contribution in [0.2, 0.25) is 0 Å². The van der Waals surface area contributed by atoms with Crippen molar-refractivity contribution in [2.75, 3.05) is 0 Å². The van der Waals surface area contributed by atoms with Crippen LogP contribution < -0.4 is 0 Å². The van der Waals surface area contributed by atoms with E-state index in [1.54, 1.807) is 23.1 Å². The molecule has 0 N–H and O–H groups in total. The molecule has 0 saturated heterocycles. The van der Waals surface area contributed by atoms with Gasteiger partial charge in [-0.25, -0.2) is 0 Å². The van der Waals surface area contributed by atoms with Gasteiger partial charge in [-0.3, -0.25) is 0 Å². The molecule has 0 atom stereocenters. The van der Waals surface area contributed by atoms with Gasteiger partial charge in [0.15, 0.2) is 11.0 Å². The van der Waals surface area contributed by atoms with Gasteiger partial charge in [0.1, 0.15) is 0 Å². The minimum absolute atomic E-state index is 0.686. The van der Waals surface area contributed by atoms with Crippen molar-refractivity contribution in [2.24, 2.45) is 0 Å². The van der Waals surface area contributed by atoms with E-state index in [1.807, 2.05) is 24.3 Å². The van der Waals surface area contributed by atoms with Crippen LogP contribution in [0.1, 0.15) is 22.9 Å². The highest BCUT2D eigenvalue weighted by molar-refractivity contribution is 7.98. The second-order valence-corrected chi connectivity index (χ2v) is 7.29. The Morgan fingerprint density at radius 3 is 2.57 bits per heavy atom. The first-order chi connectivity index (χ1) is 11.2. The molecule has 0 amide bonds. The van der Waals surface area contributed by atoms with Crippen molar-refractivity contribution in [1.29, 1.82) is 5.26 Å². The maximum atomic E-state index is 8.84. The average molecular weight is 340 g/mol. The van der Waals surface area contributed by atoms with Crippen molar-refractivity contribution in [3.63, 3.8) is 0 Å². The number of aryl methyl sites for hydroxylation is 1. The van der Waals surface area contributed by atoms with E-state index in [4.69, 9.17) is 5.26 Å². The van der Waals surface area contributed by atoms with E-state index in [-0.39, 0.29) is 0 Å². The zero-order valence-electron chi connectivity index (χ0n) is 13.0. The third-order valence-electron chi connectivity index (χ3n) is 3.44. The molecule has 0 bridgehead atoms. The van der Waals surface area contributed by atoms with Gasteiger partial charge in [-0.1, -0.05) is 23.9 Å². The predicted molar refractivity (Wildman–Crippen MR) is 94.5 cm³/mol.